The molecule has 1 fully saturated rings. The molecular weight excluding hydrogens is 414 g/mol. The number of aromatic amines is 1. The van der Waals surface area contributed by atoms with E-state index in [1.165, 1.54) is 27.5 Å². The fourth-order valence-electron chi connectivity index (χ4n) is 3.42. The van der Waals surface area contributed by atoms with Crippen LogP contribution in [0.3, 0.4) is 0 Å². The first kappa shape index (κ1) is 19.6. The van der Waals surface area contributed by atoms with E-state index in [-0.39, 0.29) is 47.1 Å². The highest BCUT2D eigenvalue weighted by atomic mass is 35.5. The van der Waals surface area contributed by atoms with Gasteiger partial charge in [-0.3, -0.25) is 9.59 Å². The van der Waals surface area contributed by atoms with E-state index in [1.54, 1.807) is 36.4 Å². The molecular formula is C20H18ClN3O4S. The number of halogens is 1. The zero-order chi connectivity index (χ0) is 20.6. The summed E-state index contributed by atoms with van der Waals surface area (Å²) in [4.78, 5) is 30.1. The third-order valence-electron chi connectivity index (χ3n) is 5.00. The van der Waals surface area contributed by atoms with Crippen molar-refractivity contribution in [1.82, 2.24) is 14.2 Å². The Balaban J connectivity index is 1.53. The average molecular weight is 432 g/mol. The summed E-state index contributed by atoms with van der Waals surface area (Å²) in [6.07, 6.45) is 1.42. The number of nitrogens with one attached hydrogen (secondary N) is 1. The lowest BCUT2D eigenvalue weighted by atomic mass is 10.1. The maximum atomic E-state index is 12.9. The topological polar surface area (TPSA) is 90.6 Å². The third-order valence-corrected chi connectivity index (χ3v) is 7.40. The van der Waals surface area contributed by atoms with Crippen molar-refractivity contribution in [2.24, 2.45) is 0 Å². The largest absolute Gasteiger partial charge is 0.360 e. The summed E-state index contributed by atoms with van der Waals surface area (Å²) in [5.41, 5.74) is 0.367. The Morgan fingerprint density at radius 3 is 2.34 bits per heavy atom. The number of H-pyrrole nitrogens is 1. The Morgan fingerprint density at radius 1 is 0.966 bits per heavy atom. The predicted molar refractivity (Wildman–Crippen MR) is 111 cm³/mol. The first-order valence-electron chi connectivity index (χ1n) is 9.04. The molecule has 1 aromatic heterocycles. The van der Waals surface area contributed by atoms with Gasteiger partial charge in [-0.05, 0) is 24.3 Å². The van der Waals surface area contributed by atoms with Crippen molar-refractivity contribution in [3.05, 3.63) is 75.5 Å². The van der Waals surface area contributed by atoms with Crippen molar-refractivity contribution in [3.63, 3.8) is 0 Å². The van der Waals surface area contributed by atoms with E-state index in [1.807, 2.05) is 0 Å². The summed E-state index contributed by atoms with van der Waals surface area (Å²) in [6.45, 7) is 0.638. The molecule has 29 heavy (non-hydrogen) atoms. The molecule has 2 aromatic carbocycles. The molecule has 0 bridgehead atoms. The zero-order valence-corrected chi connectivity index (χ0v) is 16.9. The van der Waals surface area contributed by atoms with Crippen LogP contribution in [-0.2, 0) is 10.0 Å². The van der Waals surface area contributed by atoms with Crippen LogP contribution in [0.1, 0.15) is 10.4 Å². The van der Waals surface area contributed by atoms with Crippen LogP contribution < -0.4 is 5.43 Å². The normalized spacial score (nSPS) is 15.6. The van der Waals surface area contributed by atoms with E-state index >= 15 is 0 Å². The molecule has 0 atom stereocenters. The van der Waals surface area contributed by atoms with Crippen LogP contribution in [0.25, 0.3) is 10.9 Å². The van der Waals surface area contributed by atoms with Gasteiger partial charge in [0.05, 0.1) is 5.02 Å². The first-order chi connectivity index (χ1) is 13.9. The Hall–Kier alpha value is -2.68. The van der Waals surface area contributed by atoms with E-state index in [2.05, 4.69) is 4.98 Å². The molecule has 3 aromatic rings. The van der Waals surface area contributed by atoms with Crippen molar-refractivity contribution in [3.8, 4) is 0 Å². The van der Waals surface area contributed by atoms with Crippen molar-refractivity contribution < 1.29 is 13.2 Å². The van der Waals surface area contributed by atoms with E-state index < -0.39 is 15.9 Å². The lowest BCUT2D eigenvalue weighted by Crippen LogP contribution is -2.51. The van der Waals surface area contributed by atoms with Gasteiger partial charge < -0.3 is 9.88 Å². The van der Waals surface area contributed by atoms with E-state index in [4.69, 9.17) is 11.6 Å². The third kappa shape index (κ3) is 3.55. The SMILES string of the molecule is O=C(c1c[nH]c2ccccc2c1=O)N1CCN(S(=O)(=O)c2ccccc2Cl)CC1. The fourth-order valence-corrected chi connectivity index (χ4v) is 5.34. The number of rotatable bonds is 3. The summed E-state index contributed by atoms with van der Waals surface area (Å²) >= 11 is 6.04. The number of carbonyl (C=O) groups is 1. The fraction of sp³-hybridized carbons (Fsp3) is 0.200. The number of sulfonamides is 1. The molecule has 0 unspecified atom stereocenters. The number of hydrogen-bond acceptors (Lipinski definition) is 4. The van der Waals surface area contributed by atoms with Gasteiger partial charge in [0.1, 0.15) is 10.5 Å². The Bertz CT molecular complexity index is 1250. The van der Waals surface area contributed by atoms with E-state index in [0.717, 1.165) is 0 Å². The van der Waals surface area contributed by atoms with Gasteiger partial charge in [-0.1, -0.05) is 35.9 Å². The van der Waals surface area contributed by atoms with Gasteiger partial charge in [0.2, 0.25) is 15.5 Å². The van der Waals surface area contributed by atoms with Crippen molar-refractivity contribution in [2.75, 3.05) is 26.2 Å². The van der Waals surface area contributed by atoms with Gasteiger partial charge >= 0.3 is 0 Å². The lowest BCUT2D eigenvalue weighted by Gasteiger charge is -2.34. The molecule has 4 rings (SSSR count). The minimum atomic E-state index is -3.75. The van der Waals surface area contributed by atoms with Crippen LogP contribution in [0.15, 0.2) is 64.4 Å². The lowest BCUT2D eigenvalue weighted by molar-refractivity contribution is 0.0696. The summed E-state index contributed by atoms with van der Waals surface area (Å²) < 4.78 is 27.0. The number of amides is 1. The van der Waals surface area contributed by atoms with Crippen LogP contribution in [0.2, 0.25) is 5.02 Å². The average Bonchev–Trinajstić information content (AvgIpc) is 2.74. The molecule has 1 aliphatic rings. The number of fused-ring (bicyclic) bond motifs is 1. The molecule has 1 N–H and O–H groups in total. The van der Waals surface area contributed by atoms with Gasteiger partial charge in [0.15, 0.2) is 0 Å². The molecule has 0 radical (unpaired) electrons. The molecule has 1 aliphatic heterocycles. The van der Waals surface area contributed by atoms with Gasteiger partial charge in [-0.15, -0.1) is 0 Å². The van der Waals surface area contributed by atoms with Gasteiger partial charge in [-0.25, -0.2) is 8.42 Å². The molecule has 9 heteroatoms. The number of para-hydroxylation sites is 1. The van der Waals surface area contributed by atoms with Crippen LogP contribution in [0.5, 0.6) is 0 Å². The second-order valence-electron chi connectivity index (χ2n) is 6.70. The molecule has 1 saturated heterocycles. The monoisotopic (exact) mass is 431 g/mol. The predicted octanol–water partition coefficient (Wildman–Crippen LogP) is 2.33. The van der Waals surface area contributed by atoms with Crippen molar-refractivity contribution in [1.29, 1.82) is 0 Å². The highest BCUT2D eigenvalue weighted by Crippen LogP contribution is 2.25. The summed E-state index contributed by atoms with van der Waals surface area (Å²) in [5, 5.41) is 0.604. The number of pyridine rings is 1. The molecule has 150 valence electrons. The second kappa shape index (κ2) is 7.62. The number of carbonyl (C=O) groups excluding carboxylic acids is 1. The number of aromatic nitrogens is 1. The summed E-state index contributed by atoms with van der Waals surface area (Å²) in [7, 11) is -3.75. The Morgan fingerprint density at radius 2 is 1.62 bits per heavy atom. The molecule has 0 spiro atoms. The van der Waals surface area contributed by atoms with Crippen LogP contribution in [-0.4, -0.2) is 54.7 Å². The number of hydrogen-bond donors (Lipinski definition) is 1. The highest BCUT2D eigenvalue weighted by Gasteiger charge is 2.32. The molecule has 2 heterocycles. The number of benzene rings is 2. The quantitative estimate of drug-likeness (QED) is 0.689. The zero-order valence-electron chi connectivity index (χ0n) is 15.3. The minimum Gasteiger partial charge on any atom is -0.360 e. The summed E-state index contributed by atoms with van der Waals surface area (Å²) in [5.74, 6) is -0.410. The van der Waals surface area contributed by atoms with Gasteiger partial charge in [0, 0.05) is 43.3 Å². The van der Waals surface area contributed by atoms with Crippen LogP contribution >= 0.6 is 11.6 Å². The maximum absolute atomic E-state index is 12.9. The van der Waals surface area contributed by atoms with Crippen LogP contribution in [0.4, 0.5) is 0 Å². The Kier molecular flexibility index (Phi) is 5.16. The molecule has 1 amide bonds. The second-order valence-corrected chi connectivity index (χ2v) is 9.02. The highest BCUT2D eigenvalue weighted by molar-refractivity contribution is 7.89. The number of nitrogens with zero attached hydrogens (tertiary/aromatic N) is 2. The van der Waals surface area contributed by atoms with Crippen molar-refractivity contribution in [2.45, 2.75) is 4.90 Å². The molecule has 7 nitrogen and oxygen atoms in total. The molecule has 0 aliphatic carbocycles. The summed E-state index contributed by atoms with van der Waals surface area (Å²) in [6, 6.07) is 13.2. The van der Waals surface area contributed by atoms with Crippen molar-refractivity contribution >= 4 is 38.4 Å². The Labute approximate surface area is 172 Å². The van der Waals surface area contributed by atoms with Crippen LogP contribution in [0, 0.1) is 0 Å². The smallest absolute Gasteiger partial charge is 0.259 e. The maximum Gasteiger partial charge on any atom is 0.259 e. The molecule has 0 saturated carbocycles. The number of piperazine rings is 1. The first-order valence-corrected chi connectivity index (χ1v) is 10.9. The standard InChI is InChI=1S/C20H18ClN3O4S/c21-16-6-2-4-8-18(16)29(27,28)24-11-9-23(10-12-24)20(26)15-13-22-17-7-3-1-5-14(17)19(15)25/h1-8,13H,9-12H2,(H,22,25). The van der Waals surface area contributed by atoms with Gasteiger partial charge in [-0.2, -0.15) is 4.31 Å². The van der Waals surface area contributed by atoms with E-state index in [9.17, 15) is 18.0 Å². The van der Waals surface area contributed by atoms with E-state index in [0.29, 0.717) is 10.9 Å². The minimum absolute atomic E-state index is 0.0473. The van der Waals surface area contributed by atoms with Gasteiger partial charge in [0.25, 0.3) is 5.91 Å².